The summed E-state index contributed by atoms with van der Waals surface area (Å²) in [6.07, 6.45) is 19.8. The fraction of sp³-hybridized carbons (Fsp3) is 0.688. The largest absolute Gasteiger partial charge is 0.478 e. The predicted octanol–water partition coefficient (Wildman–Crippen LogP) is 5.10. The third-order valence-electron chi connectivity index (χ3n) is 2.96. The molecule has 2 nitrogen and oxygen atoms in total. The van der Waals surface area contributed by atoms with Crippen LogP contribution < -0.4 is 0 Å². The van der Waals surface area contributed by atoms with Crippen LogP contribution in [0.15, 0.2) is 24.3 Å². The number of carboxylic acid groups (broad SMARTS) is 1. The minimum Gasteiger partial charge on any atom is -0.478 e. The van der Waals surface area contributed by atoms with Crippen LogP contribution in [0.5, 0.6) is 0 Å². The first-order chi connectivity index (χ1) is 8.77. The van der Waals surface area contributed by atoms with E-state index in [1.807, 2.05) is 12.2 Å². The smallest absolute Gasteiger partial charge is 0.328 e. The fourth-order valence-electron chi connectivity index (χ4n) is 1.89. The third kappa shape index (κ3) is 14.9. The molecular weight excluding hydrogens is 224 g/mol. The van der Waals surface area contributed by atoms with Gasteiger partial charge in [0, 0.05) is 6.08 Å². The molecule has 18 heavy (non-hydrogen) atoms. The van der Waals surface area contributed by atoms with Gasteiger partial charge in [-0.3, -0.25) is 0 Å². The standard InChI is InChI=1S/C16H28O2/c1-2-3-4-5-6-7-8-9-10-11-12-13-14-15-16(17)18/h12-15H,2-11H2,1H3,(H,17,18)/b13-12?,15-14-. The van der Waals surface area contributed by atoms with Crippen molar-refractivity contribution in [1.29, 1.82) is 0 Å². The van der Waals surface area contributed by atoms with Crippen molar-refractivity contribution in [2.75, 3.05) is 0 Å². The van der Waals surface area contributed by atoms with Gasteiger partial charge in [0.2, 0.25) is 0 Å². The molecule has 0 saturated heterocycles. The van der Waals surface area contributed by atoms with Gasteiger partial charge in [0.25, 0.3) is 0 Å². The maximum atomic E-state index is 10.2. The van der Waals surface area contributed by atoms with Crippen LogP contribution in [0.25, 0.3) is 0 Å². The zero-order chi connectivity index (χ0) is 13.5. The van der Waals surface area contributed by atoms with E-state index in [0.29, 0.717) is 0 Å². The van der Waals surface area contributed by atoms with Gasteiger partial charge in [-0.25, -0.2) is 4.79 Å². The summed E-state index contributed by atoms with van der Waals surface area (Å²) in [7, 11) is 0. The molecule has 0 radical (unpaired) electrons. The molecule has 0 aliphatic rings. The van der Waals surface area contributed by atoms with Crippen molar-refractivity contribution in [3.8, 4) is 0 Å². The van der Waals surface area contributed by atoms with E-state index in [9.17, 15) is 4.79 Å². The van der Waals surface area contributed by atoms with Crippen LogP contribution in [0, 0.1) is 0 Å². The topological polar surface area (TPSA) is 37.3 Å². The number of carbonyl (C=O) groups is 1. The van der Waals surface area contributed by atoms with Crippen LogP contribution in [0.4, 0.5) is 0 Å². The molecule has 0 aliphatic heterocycles. The van der Waals surface area contributed by atoms with Crippen LogP contribution in [0.3, 0.4) is 0 Å². The Kier molecular flexibility index (Phi) is 13.2. The quantitative estimate of drug-likeness (QED) is 0.298. The number of carboxylic acids is 1. The van der Waals surface area contributed by atoms with Gasteiger partial charge in [0.15, 0.2) is 0 Å². The summed E-state index contributed by atoms with van der Waals surface area (Å²) >= 11 is 0. The van der Waals surface area contributed by atoms with Crippen molar-refractivity contribution in [2.24, 2.45) is 0 Å². The molecule has 0 bridgehead atoms. The monoisotopic (exact) mass is 252 g/mol. The second-order valence-corrected chi connectivity index (χ2v) is 4.74. The van der Waals surface area contributed by atoms with E-state index >= 15 is 0 Å². The highest BCUT2D eigenvalue weighted by Crippen LogP contribution is 2.10. The maximum Gasteiger partial charge on any atom is 0.328 e. The molecule has 0 amide bonds. The molecular formula is C16H28O2. The van der Waals surface area contributed by atoms with Gasteiger partial charge in [-0.05, 0) is 12.8 Å². The average Bonchev–Trinajstić information content (AvgIpc) is 2.34. The van der Waals surface area contributed by atoms with Gasteiger partial charge < -0.3 is 5.11 Å². The Labute approximate surface area is 112 Å². The van der Waals surface area contributed by atoms with Gasteiger partial charge in [-0.2, -0.15) is 0 Å². The van der Waals surface area contributed by atoms with E-state index in [4.69, 9.17) is 5.11 Å². The molecule has 2 heteroatoms. The summed E-state index contributed by atoms with van der Waals surface area (Å²) in [5.41, 5.74) is 0. The van der Waals surface area contributed by atoms with Gasteiger partial charge in [0.05, 0.1) is 0 Å². The van der Waals surface area contributed by atoms with Gasteiger partial charge in [-0.1, -0.05) is 76.5 Å². The SMILES string of the molecule is CCCCCCCCCCCC=C/C=C\C(=O)O. The molecule has 0 aromatic rings. The number of hydrogen-bond donors (Lipinski definition) is 1. The second-order valence-electron chi connectivity index (χ2n) is 4.74. The Balaban J connectivity index is 3.14. The Hall–Kier alpha value is -1.05. The number of unbranched alkanes of at least 4 members (excludes halogenated alkanes) is 9. The molecule has 0 saturated carbocycles. The Morgan fingerprint density at radius 3 is 2.00 bits per heavy atom. The first-order valence-electron chi connectivity index (χ1n) is 7.33. The van der Waals surface area contributed by atoms with Crippen molar-refractivity contribution in [3.05, 3.63) is 24.3 Å². The minimum atomic E-state index is -0.886. The summed E-state index contributed by atoms with van der Waals surface area (Å²) in [6.45, 7) is 2.25. The first kappa shape index (κ1) is 16.9. The van der Waals surface area contributed by atoms with Gasteiger partial charge in [0.1, 0.15) is 0 Å². The van der Waals surface area contributed by atoms with E-state index in [1.165, 1.54) is 57.8 Å². The maximum absolute atomic E-state index is 10.2. The molecule has 0 heterocycles. The van der Waals surface area contributed by atoms with Crippen LogP contribution in [-0.4, -0.2) is 11.1 Å². The summed E-state index contributed by atoms with van der Waals surface area (Å²) in [4.78, 5) is 10.2. The summed E-state index contributed by atoms with van der Waals surface area (Å²) < 4.78 is 0. The Morgan fingerprint density at radius 1 is 0.889 bits per heavy atom. The molecule has 0 atom stereocenters. The summed E-state index contributed by atoms with van der Waals surface area (Å²) in [5.74, 6) is -0.886. The number of hydrogen-bond acceptors (Lipinski definition) is 1. The third-order valence-corrected chi connectivity index (χ3v) is 2.96. The average molecular weight is 252 g/mol. The molecule has 0 fully saturated rings. The van der Waals surface area contributed by atoms with Crippen molar-refractivity contribution in [1.82, 2.24) is 0 Å². The lowest BCUT2D eigenvalue weighted by molar-refractivity contribution is -0.131. The molecule has 0 unspecified atom stereocenters. The van der Waals surface area contributed by atoms with Gasteiger partial charge in [-0.15, -0.1) is 0 Å². The first-order valence-corrected chi connectivity index (χ1v) is 7.33. The molecule has 0 aromatic carbocycles. The van der Waals surface area contributed by atoms with Crippen molar-refractivity contribution < 1.29 is 9.90 Å². The lowest BCUT2D eigenvalue weighted by Crippen LogP contribution is -1.84. The lowest BCUT2D eigenvalue weighted by atomic mass is 10.1. The van der Waals surface area contributed by atoms with Gasteiger partial charge >= 0.3 is 5.97 Å². The van der Waals surface area contributed by atoms with Crippen molar-refractivity contribution >= 4 is 5.97 Å². The minimum absolute atomic E-state index is 0.886. The second kappa shape index (κ2) is 14.0. The lowest BCUT2D eigenvalue weighted by Gasteiger charge is -2.00. The van der Waals surface area contributed by atoms with E-state index in [2.05, 4.69) is 6.92 Å². The molecule has 0 aromatic heterocycles. The van der Waals surface area contributed by atoms with E-state index < -0.39 is 5.97 Å². The zero-order valence-electron chi connectivity index (χ0n) is 11.7. The van der Waals surface area contributed by atoms with Crippen LogP contribution in [0.1, 0.15) is 71.1 Å². The number of aliphatic carboxylic acids is 1. The van der Waals surface area contributed by atoms with Crippen LogP contribution in [-0.2, 0) is 4.79 Å². The highest BCUT2D eigenvalue weighted by atomic mass is 16.4. The van der Waals surface area contributed by atoms with E-state index in [0.717, 1.165) is 12.5 Å². The van der Waals surface area contributed by atoms with Crippen LogP contribution >= 0.6 is 0 Å². The normalized spacial score (nSPS) is 11.6. The highest BCUT2D eigenvalue weighted by Gasteiger charge is 1.90. The molecule has 0 rings (SSSR count). The number of rotatable bonds is 12. The Bertz CT molecular complexity index is 241. The van der Waals surface area contributed by atoms with E-state index in [1.54, 1.807) is 6.08 Å². The predicted molar refractivity (Wildman–Crippen MR) is 77.8 cm³/mol. The Morgan fingerprint density at radius 2 is 1.44 bits per heavy atom. The molecule has 0 aliphatic carbocycles. The molecule has 104 valence electrons. The number of allylic oxidation sites excluding steroid dienone is 3. The molecule has 1 N–H and O–H groups in total. The summed E-state index contributed by atoms with van der Waals surface area (Å²) in [5, 5.41) is 8.37. The molecule has 0 spiro atoms. The van der Waals surface area contributed by atoms with Crippen LogP contribution in [0.2, 0.25) is 0 Å². The highest BCUT2D eigenvalue weighted by molar-refractivity contribution is 5.80. The van der Waals surface area contributed by atoms with Crippen molar-refractivity contribution in [3.63, 3.8) is 0 Å². The zero-order valence-corrected chi connectivity index (χ0v) is 11.7. The summed E-state index contributed by atoms with van der Waals surface area (Å²) in [6, 6.07) is 0. The fourth-order valence-corrected chi connectivity index (χ4v) is 1.89. The van der Waals surface area contributed by atoms with Crippen molar-refractivity contribution in [2.45, 2.75) is 71.1 Å². The van der Waals surface area contributed by atoms with E-state index in [-0.39, 0.29) is 0 Å².